The van der Waals surface area contributed by atoms with Crippen molar-refractivity contribution < 1.29 is 9.59 Å². The fraction of sp³-hybridized carbons (Fsp3) is 0.647. The molecule has 1 saturated carbocycles. The first-order chi connectivity index (χ1) is 10.7. The summed E-state index contributed by atoms with van der Waals surface area (Å²) in [5, 5.41) is 5.01. The maximum absolute atomic E-state index is 12.5. The van der Waals surface area contributed by atoms with Gasteiger partial charge in [-0.25, -0.2) is 0 Å². The molecule has 1 aliphatic heterocycles. The molecule has 22 heavy (non-hydrogen) atoms. The van der Waals surface area contributed by atoms with Gasteiger partial charge < -0.3 is 10.2 Å². The van der Waals surface area contributed by atoms with Gasteiger partial charge in [0.05, 0.1) is 4.88 Å². The Labute approximate surface area is 135 Å². The Kier molecular flexibility index (Phi) is 5.13. The lowest BCUT2D eigenvalue weighted by molar-refractivity contribution is -0.137. The molecule has 0 unspecified atom stereocenters. The molecule has 0 radical (unpaired) electrons. The number of rotatable bonds is 3. The van der Waals surface area contributed by atoms with Crippen LogP contribution in [-0.4, -0.2) is 35.8 Å². The van der Waals surface area contributed by atoms with Gasteiger partial charge in [-0.3, -0.25) is 9.59 Å². The number of carbonyl (C=O) groups excluding carboxylic acids is 2. The normalized spacial score (nSPS) is 20.8. The number of carbonyl (C=O) groups is 2. The van der Waals surface area contributed by atoms with Crippen molar-refractivity contribution in [2.45, 2.75) is 51.0 Å². The van der Waals surface area contributed by atoms with Crippen molar-refractivity contribution >= 4 is 23.2 Å². The molecule has 2 heterocycles. The third-order valence-electron chi connectivity index (χ3n) is 4.84. The summed E-state index contributed by atoms with van der Waals surface area (Å²) < 4.78 is 0. The van der Waals surface area contributed by atoms with E-state index in [0.717, 1.165) is 43.6 Å². The average molecular weight is 320 g/mol. The van der Waals surface area contributed by atoms with Gasteiger partial charge in [-0.1, -0.05) is 25.3 Å². The first-order valence-corrected chi connectivity index (χ1v) is 9.25. The van der Waals surface area contributed by atoms with E-state index in [4.69, 9.17) is 0 Å². The summed E-state index contributed by atoms with van der Waals surface area (Å²) in [4.78, 5) is 27.3. The standard InChI is InChI=1S/C17H24N2O2S/c20-16(15-7-4-12-22-15)18-14-8-10-19(11-9-14)17(21)13-5-2-1-3-6-13/h4,7,12-14H,1-3,5-6,8-11H2,(H,18,20). The Bertz CT molecular complexity index is 501. The van der Waals surface area contributed by atoms with Gasteiger partial charge in [-0.15, -0.1) is 11.3 Å². The second-order valence-electron chi connectivity index (χ2n) is 6.39. The highest BCUT2D eigenvalue weighted by Gasteiger charge is 2.29. The van der Waals surface area contributed by atoms with Crippen LogP contribution in [0.2, 0.25) is 0 Å². The molecule has 0 spiro atoms. The van der Waals surface area contributed by atoms with E-state index >= 15 is 0 Å². The van der Waals surface area contributed by atoms with Gasteiger partial charge in [0.1, 0.15) is 0 Å². The van der Waals surface area contributed by atoms with Crippen LogP contribution < -0.4 is 5.32 Å². The van der Waals surface area contributed by atoms with E-state index in [1.807, 2.05) is 22.4 Å². The minimum atomic E-state index is 0.0204. The summed E-state index contributed by atoms with van der Waals surface area (Å²) in [6.07, 6.45) is 7.54. The first-order valence-electron chi connectivity index (χ1n) is 8.37. The molecule has 2 amide bonds. The smallest absolute Gasteiger partial charge is 0.261 e. The van der Waals surface area contributed by atoms with Gasteiger partial charge in [0.15, 0.2) is 0 Å². The zero-order valence-corrected chi connectivity index (χ0v) is 13.7. The van der Waals surface area contributed by atoms with Crippen LogP contribution in [0.5, 0.6) is 0 Å². The molecule has 1 saturated heterocycles. The van der Waals surface area contributed by atoms with Gasteiger partial charge >= 0.3 is 0 Å². The molecule has 120 valence electrons. The molecule has 0 bridgehead atoms. The maximum Gasteiger partial charge on any atom is 0.261 e. The zero-order chi connectivity index (χ0) is 15.4. The van der Waals surface area contributed by atoms with Crippen LogP contribution in [0, 0.1) is 5.92 Å². The SMILES string of the molecule is O=C(NC1CCN(C(=O)C2CCCCC2)CC1)c1cccs1. The Morgan fingerprint density at radius 1 is 1.09 bits per heavy atom. The highest BCUT2D eigenvalue weighted by atomic mass is 32.1. The largest absolute Gasteiger partial charge is 0.348 e. The molecule has 2 fully saturated rings. The molecular weight excluding hydrogens is 296 g/mol. The number of nitrogens with zero attached hydrogens (tertiary/aromatic N) is 1. The van der Waals surface area contributed by atoms with E-state index in [0.29, 0.717) is 5.91 Å². The summed E-state index contributed by atoms with van der Waals surface area (Å²) in [5.41, 5.74) is 0. The summed E-state index contributed by atoms with van der Waals surface area (Å²) in [6.45, 7) is 1.56. The highest BCUT2D eigenvalue weighted by molar-refractivity contribution is 7.12. The molecule has 1 aliphatic carbocycles. The highest BCUT2D eigenvalue weighted by Crippen LogP contribution is 2.26. The number of nitrogens with one attached hydrogen (secondary N) is 1. The van der Waals surface area contributed by atoms with Gasteiger partial charge in [-0.05, 0) is 37.1 Å². The number of hydrogen-bond donors (Lipinski definition) is 1. The lowest BCUT2D eigenvalue weighted by Crippen LogP contribution is -2.48. The van der Waals surface area contributed by atoms with E-state index in [1.54, 1.807) is 0 Å². The lowest BCUT2D eigenvalue weighted by Gasteiger charge is -2.35. The molecule has 1 aromatic heterocycles. The van der Waals surface area contributed by atoms with Crippen LogP contribution in [0.15, 0.2) is 17.5 Å². The summed E-state index contributed by atoms with van der Waals surface area (Å²) in [5.74, 6) is 0.626. The summed E-state index contributed by atoms with van der Waals surface area (Å²) >= 11 is 1.47. The van der Waals surface area contributed by atoms with Crippen LogP contribution in [0.1, 0.15) is 54.6 Å². The van der Waals surface area contributed by atoms with Crippen molar-refractivity contribution in [3.8, 4) is 0 Å². The average Bonchev–Trinajstić information content (AvgIpc) is 3.10. The summed E-state index contributed by atoms with van der Waals surface area (Å²) in [6, 6.07) is 3.94. The monoisotopic (exact) mass is 320 g/mol. The fourth-order valence-electron chi connectivity index (χ4n) is 3.52. The second kappa shape index (κ2) is 7.27. The molecule has 0 aromatic carbocycles. The quantitative estimate of drug-likeness (QED) is 0.930. The van der Waals surface area contributed by atoms with E-state index in [-0.39, 0.29) is 17.9 Å². The second-order valence-corrected chi connectivity index (χ2v) is 7.33. The third-order valence-corrected chi connectivity index (χ3v) is 5.71. The Balaban J connectivity index is 1.46. The molecule has 1 aromatic rings. The molecule has 5 heteroatoms. The molecule has 3 rings (SSSR count). The molecule has 0 atom stereocenters. The van der Waals surface area contributed by atoms with Crippen LogP contribution >= 0.6 is 11.3 Å². The van der Waals surface area contributed by atoms with Crippen molar-refractivity contribution in [3.05, 3.63) is 22.4 Å². The fourth-order valence-corrected chi connectivity index (χ4v) is 4.14. The van der Waals surface area contributed by atoms with Gasteiger partial charge in [0.25, 0.3) is 5.91 Å². The van der Waals surface area contributed by atoms with Crippen molar-refractivity contribution in [1.29, 1.82) is 0 Å². The minimum absolute atomic E-state index is 0.0204. The molecule has 2 aliphatic rings. The van der Waals surface area contributed by atoms with E-state index in [1.165, 1.54) is 30.6 Å². The van der Waals surface area contributed by atoms with E-state index in [9.17, 15) is 9.59 Å². The first kappa shape index (κ1) is 15.5. The van der Waals surface area contributed by atoms with Crippen molar-refractivity contribution in [2.75, 3.05) is 13.1 Å². The van der Waals surface area contributed by atoms with Crippen LogP contribution in [0.4, 0.5) is 0 Å². The summed E-state index contributed by atoms with van der Waals surface area (Å²) in [7, 11) is 0. The number of amides is 2. The van der Waals surface area contributed by atoms with E-state index < -0.39 is 0 Å². The number of likely N-dealkylation sites (tertiary alicyclic amines) is 1. The minimum Gasteiger partial charge on any atom is -0.348 e. The lowest BCUT2D eigenvalue weighted by atomic mass is 9.87. The number of piperidine rings is 1. The molecule has 1 N–H and O–H groups in total. The van der Waals surface area contributed by atoms with Crippen molar-refractivity contribution in [3.63, 3.8) is 0 Å². The predicted octanol–water partition coefficient (Wildman–Crippen LogP) is 3.05. The van der Waals surface area contributed by atoms with Crippen LogP contribution in [-0.2, 0) is 4.79 Å². The predicted molar refractivity (Wildman–Crippen MR) is 88.0 cm³/mol. The van der Waals surface area contributed by atoms with Gasteiger partial charge in [-0.2, -0.15) is 0 Å². The van der Waals surface area contributed by atoms with E-state index in [2.05, 4.69) is 5.32 Å². The van der Waals surface area contributed by atoms with Crippen LogP contribution in [0.25, 0.3) is 0 Å². The van der Waals surface area contributed by atoms with Crippen molar-refractivity contribution in [1.82, 2.24) is 10.2 Å². The topological polar surface area (TPSA) is 49.4 Å². The molecule has 4 nitrogen and oxygen atoms in total. The Morgan fingerprint density at radius 2 is 1.82 bits per heavy atom. The van der Waals surface area contributed by atoms with Crippen molar-refractivity contribution in [2.24, 2.45) is 5.92 Å². The van der Waals surface area contributed by atoms with Gasteiger partial charge in [0.2, 0.25) is 5.91 Å². The maximum atomic E-state index is 12.5. The third kappa shape index (κ3) is 3.69. The molecular formula is C17H24N2O2S. The van der Waals surface area contributed by atoms with Crippen LogP contribution in [0.3, 0.4) is 0 Å². The number of hydrogen-bond acceptors (Lipinski definition) is 3. The van der Waals surface area contributed by atoms with Gasteiger partial charge in [0, 0.05) is 25.0 Å². The number of thiophene rings is 1. The Morgan fingerprint density at radius 3 is 2.45 bits per heavy atom. The Hall–Kier alpha value is -1.36. The zero-order valence-electron chi connectivity index (χ0n) is 12.9.